The van der Waals surface area contributed by atoms with Crippen LogP contribution >= 0.6 is 0 Å². The van der Waals surface area contributed by atoms with Gasteiger partial charge in [0.05, 0.1) is 0 Å². The van der Waals surface area contributed by atoms with Gasteiger partial charge >= 0.3 is 5.97 Å². The normalized spacial score (nSPS) is 16.9. The van der Waals surface area contributed by atoms with E-state index in [9.17, 15) is 9.90 Å². The molecule has 0 amide bonds. The molecule has 0 aromatic rings. The van der Waals surface area contributed by atoms with Gasteiger partial charge in [0.1, 0.15) is 0 Å². The first-order valence-corrected chi connectivity index (χ1v) is 7.69. The van der Waals surface area contributed by atoms with E-state index in [-0.39, 0.29) is 5.92 Å². The summed E-state index contributed by atoms with van der Waals surface area (Å²) < 4.78 is 5.83. The first-order chi connectivity index (χ1) is 6.55. The molecule has 0 fully saturated rings. The molecule has 4 heteroatoms. The van der Waals surface area contributed by atoms with Crippen LogP contribution in [-0.4, -0.2) is 25.7 Å². The van der Waals surface area contributed by atoms with E-state index in [1.807, 2.05) is 47.7 Å². The standard InChI is InChI=1S/C11H23O3Si/c1-8(2)11(9(12)13,10(3,4)5)14-15(6)7/h8H,1-7H3,(H,12,13)/t11-/m1/s1. The lowest BCUT2D eigenvalue weighted by Gasteiger charge is -2.45. The van der Waals surface area contributed by atoms with Crippen LogP contribution in [0.5, 0.6) is 0 Å². The van der Waals surface area contributed by atoms with Gasteiger partial charge in [-0.2, -0.15) is 0 Å². The second kappa shape index (κ2) is 4.66. The number of hydrogen-bond donors (Lipinski definition) is 1. The fourth-order valence-electron chi connectivity index (χ4n) is 2.07. The minimum atomic E-state index is -1.08. The molecule has 0 heterocycles. The topological polar surface area (TPSA) is 46.5 Å². The Kier molecular flexibility index (Phi) is 4.55. The smallest absolute Gasteiger partial charge is 0.335 e. The van der Waals surface area contributed by atoms with Crippen LogP contribution < -0.4 is 0 Å². The fraction of sp³-hybridized carbons (Fsp3) is 0.909. The number of carboxylic acid groups (broad SMARTS) is 1. The van der Waals surface area contributed by atoms with E-state index in [1.165, 1.54) is 0 Å². The molecule has 0 saturated carbocycles. The first-order valence-electron chi connectivity index (χ1n) is 5.28. The maximum atomic E-state index is 11.5. The monoisotopic (exact) mass is 231 g/mol. The van der Waals surface area contributed by atoms with Crippen LogP contribution in [0, 0.1) is 11.3 Å². The highest BCUT2D eigenvalue weighted by molar-refractivity contribution is 6.48. The van der Waals surface area contributed by atoms with Crippen LogP contribution in [0.4, 0.5) is 0 Å². The minimum absolute atomic E-state index is 0.0464. The zero-order chi connectivity index (χ0) is 12.4. The molecular formula is C11H23O3Si. The Bertz CT molecular complexity index is 230. The second-order valence-corrected chi connectivity index (χ2v) is 7.48. The summed E-state index contributed by atoms with van der Waals surface area (Å²) in [6, 6.07) is 0. The summed E-state index contributed by atoms with van der Waals surface area (Å²) in [7, 11) is -1.04. The second-order valence-electron chi connectivity index (χ2n) is 5.46. The number of carboxylic acids is 1. The summed E-state index contributed by atoms with van der Waals surface area (Å²) >= 11 is 0. The Labute approximate surface area is 94.6 Å². The number of aliphatic carboxylic acids is 1. The van der Waals surface area contributed by atoms with Gasteiger partial charge in [-0.15, -0.1) is 0 Å². The molecule has 1 radical (unpaired) electrons. The van der Waals surface area contributed by atoms with Crippen molar-refractivity contribution in [2.75, 3.05) is 0 Å². The van der Waals surface area contributed by atoms with Crippen LogP contribution in [-0.2, 0) is 9.22 Å². The van der Waals surface area contributed by atoms with Gasteiger partial charge < -0.3 is 9.53 Å². The number of carbonyl (C=O) groups is 1. The van der Waals surface area contributed by atoms with Crippen molar-refractivity contribution < 1.29 is 14.3 Å². The van der Waals surface area contributed by atoms with Gasteiger partial charge in [-0.25, -0.2) is 4.79 Å². The molecule has 0 unspecified atom stereocenters. The molecule has 0 aromatic heterocycles. The van der Waals surface area contributed by atoms with Gasteiger partial charge in [-0.3, -0.25) is 0 Å². The summed E-state index contributed by atoms with van der Waals surface area (Å²) in [5, 5.41) is 9.47. The molecule has 3 nitrogen and oxygen atoms in total. The molecule has 0 aliphatic carbocycles. The van der Waals surface area contributed by atoms with Crippen molar-refractivity contribution in [3.05, 3.63) is 0 Å². The largest absolute Gasteiger partial charge is 0.479 e. The molecule has 0 aromatic carbocycles. The Morgan fingerprint density at radius 3 is 1.73 bits per heavy atom. The van der Waals surface area contributed by atoms with Gasteiger partial charge in [0.25, 0.3) is 0 Å². The number of rotatable bonds is 4. The molecule has 1 atom stereocenters. The van der Waals surface area contributed by atoms with Gasteiger partial charge in [0.15, 0.2) is 5.60 Å². The highest BCUT2D eigenvalue weighted by Crippen LogP contribution is 2.40. The highest BCUT2D eigenvalue weighted by atomic mass is 28.3. The van der Waals surface area contributed by atoms with E-state index in [4.69, 9.17) is 4.43 Å². The number of hydrogen-bond acceptors (Lipinski definition) is 2. The Morgan fingerprint density at radius 1 is 1.27 bits per heavy atom. The van der Waals surface area contributed by atoms with Crippen LogP contribution in [0.25, 0.3) is 0 Å². The Morgan fingerprint density at radius 2 is 1.67 bits per heavy atom. The zero-order valence-corrected chi connectivity index (χ0v) is 11.8. The van der Waals surface area contributed by atoms with Crippen LogP contribution in [0.3, 0.4) is 0 Å². The molecule has 89 valence electrons. The van der Waals surface area contributed by atoms with Crippen LogP contribution in [0.15, 0.2) is 0 Å². The van der Waals surface area contributed by atoms with E-state index < -0.39 is 26.0 Å². The lowest BCUT2D eigenvalue weighted by Crippen LogP contribution is -2.58. The molecule has 0 aliphatic rings. The predicted molar refractivity (Wildman–Crippen MR) is 63.2 cm³/mol. The van der Waals surface area contributed by atoms with E-state index >= 15 is 0 Å². The molecule has 0 spiro atoms. The first kappa shape index (κ1) is 14.6. The van der Waals surface area contributed by atoms with Gasteiger partial charge in [0, 0.05) is 5.41 Å². The summed E-state index contributed by atoms with van der Waals surface area (Å²) in [4.78, 5) is 11.5. The van der Waals surface area contributed by atoms with Crippen LogP contribution in [0.2, 0.25) is 13.1 Å². The van der Waals surface area contributed by atoms with E-state index in [1.54, 1.807) is 0 Å². The third-order valence-corrected chi connectivity index (χ3v) is 3.34. The summed E-state index contributed by atoms with van der Waals surface area (Å²) in [6.45, 7) is 13.5. The van der Waals surface area contributed by atoms with Crippen molar-refractivity contribution in [2.45, 2.75) is 53.3 Å². The molecule has 1 N–H and O–H groups in total. The average molecular weight is 231 g/mol. The lowest BCUT2D eigenvalue weighted by molar-refractivity contribution is -0.174. The maximum absolute atomic E-state index is 11.5. The van der Waals surface area contributed by atoms with E-state index in [0.717, 1.165) is 0 Å². The fourth-order valence-corrected chi connectivity index (χ4v) is 3.34. The molecule has 0 bridgehead atoms. The van der Waals surface area contributed by atoms with Crippen molar-refractivity contribution in [3.63, 3.8) is 0 Å². The third-order valence-electron chi connectivity index (χ3n) is 2.61. The highest BCUT2D eigenvalue weighted by Gasteiger charge is 2.52. The quantitative estimate of drug-likeness (QED) is 0.757. The predicted octanol–water partition coefficient (Wildman–Crippen LogP) is 2.78. The van der Waals surface area contributed by atoms with Gasteiger partial charge in [0.2, 0.25) is 9.04 Å². The lowest BCUT2D eigenvalue weighted by atomic mass is 9.70. The zero-order valence-electron chi connectivity index (χ0n) is 10.8. The van der Waals surface area contributed by atoms with Crippen molar-refractivity contribution >= 4 is 15.0 Å². The third kappa shape index (κ3) is 2.81. The van der Waals surface area contributed by atoms with Crippen molar-refractivity contribution in [1.29, 1.82) is 0 Å². The molecule has 0 aliphatic heterocycles. The van der Waals surface area contributed by atoms with Crippen LogP contribution in [0.1, 0.15) is 34.6 Å². The Balaban J connectivity index is 5.39. The van der Waals surface area contributed by atoms with Crippen molar-refractivity contribution in [2.24, 2.45) is 11.3 Å². The van der Waals surface area contributed by atoms with Gasteiger partial charge in [-0.05, 0) is 19.0 Å². The summed E-state index contributed by atoms with van der Waals surface area (Å²) in [5.41, 5.74) is -1.49. The van der Waals surface area contributed by atoms with E-state index in [2.05, 4.69) is 0 Å². The average Bonchev–Trinajstić information content (AvgIpc) is 1.95. The minimum Gasteiger partial charge on any atom is -0.479 e. The van der Waals surface area contributed by atoms with Crippen molar-refractivity contribution in [1.82, 2.24) is 0 Å². The molecule has 0 rings (SSSR count). The molecule has 15 heavy (non-hydrogen) atoms. The Hall–Kier alpha value is -0.353. The van der Waals surface area contributed by atoms with E-state index in [0.29, 0.717) is 0 Å². The summed E-state index contributed by atoms with van der Waals surface area (Å²) in [6.07, 6.45) is 0. The molecular weight excluding hydrogens is 208 g/mol. The molecule has 0 saturated heterocycles. The summed E-state index contributed by atoms with van der Waals surface area (Å²) in [5.74, 6) is -0.897. The van der Waals surface area contributed by atoms with Crippen molar-refractivity contribution in [3.8, 4) is 0 Å². The maximum Gasteiger partial charge on any atom is 0.335 e. The SMILES string of the molecule is CC(C)[C@@](O[Si](C)C)(C(=O)O)C(C)(C)C. The van der Waals surface area contributed by atoms with Gasteiger partial charge in [-0.1, -0.05) is 34.6 Å².